The van der Waals surface area contributed by atoms with Gasteiger partial charge < -0.3 is 10.8 Å². The van der Waals surface area contributed by atoms with Crippen LogP contribution in [0.15, 0.2) is 0 Å². The van der Waals surface area contributed by atoms with Crippen LogP contribution in [0.3, 0.4) is 0 Å². The third kappa shape index (κ3) is 1.95. The molecule has 0 aromatic heterocycles. The highest BCUT2D eigenvalue weighted by Gasteiger charge is 2.28. The van der Waals surface area contributed by atoms with Gasteiger partial charge in [0.25, 0.3) is 0 Å². The molecule has 2 atom stereocenters. The third-order valence-corrected chi connectivity index (χ3v) is 2.57. The standard InChI is InChI=1S/C8H16N2O2/c1-10-3-2-6(5-11)4-7(10)8(9)12/h6-7,11H,2-5H2,1H3,(H2,9,12). The molecule has 1 heterocycles. The summed E-state index contributed by atoms with van der Waals surface area (Å²) >= 11 is 0. The van der Waals surface area contributed by atoms with Gasteiger partial charge in [-0.2, -0.15) is 0 Å². The van der Waals surface area contributed by atoms with Crippen LogP contribution in [0, 0.1) is 5.92 Å². The summed E-state index contributed by atoms with van der Waals surface area (Å²) in [5.74, 6) is -0.0330. The van der Waals surface area contributed by atoms with Gasteiger partial charge in [-0.1, -0.05) is 0 Å². The fourth-order valence-electron chi connectivity index (χ4n) is 1.65. The van der Waals surface area contributed by atoms with Crippen LogP contribution in [-0.2, 0) is 4.79 Å². The van der Waals surface area contributed by atoms with Crippen LogP contribution in [0.1, 0.15) is 12.8 Å². The van der Waals surface area contributed by atoms with E-state index < -0.39 is 0 Å². The maximum atomic E-state index is 10.9. The summed E-state index contributed by atoms with van der Waals surface area (Å²) in [7, 11) is 1.89. The Balaban J connectivity index is 2.53. The van der Waals surface area contributed by atoms with Crippen molar-refractivity contribution >= 4 is 5.91 Å². The monoisotopic (exact) mass is 172 g/mol. The lowest BCUT2D eigenvalue weighted by Crippen LogP contribution is -2.48. The number of primary amides is 1. The highest BCUT2D eigenvalue weighted by Crippen LogP contribution is 2.20. The van der Waals surface area contributed by atoms with E-state index in [0.29, 0.717) is 6.42 Å². The SMILES string of the molecule is CN1CCC(CO)CC1C(N)=O. The Morgan fingerprint density at radius 2 is 2.42 bits per heavy atom. The van der Waals surface area contributed by atoms with Crippen molar-refractivity contribution in [2.75, 3.05) is 20.2 Å². The molecule has 1 fully saturated rings. The summed E-state index contributed by atoms with van der Waals surface area (Å²) in [6, 6.07) is -0.184. The van der Waals surface area contributed by atoms with Gasteiger partial charge in [0.1, 0.15) is 0 Å². The van der Waals surface area contributed by atoms with Crippen molar-refractivity contribution in [3.63, 3.8) is 0 Å². The third-order valence-electron chi connectivity index (χ3n) is 2.57. The zero-order valence-electron chi connectivity index (χ0n) is 7.36. The number of likely N-dealkylation sites (tertiary alicyclic amines) is 1. The number of nitrogens with two attached hydrogens (primary N) is 1. The van der Waals surface area contributed by atoms with E-state index in [2.05, 4.69) is 0 Å². The molecule has 1 aliphatic rings. The van der Waals surface area contributed by atoms with Gasteiger partial charge in [0, 0.05) is 6.61 Å². The van der Waals surface area contributed by atoms with Crippen molar-refractivity contribution in [1.29, 1.82) is 0 Å². The van der Waals surface area contributed by atoms with Crippen LogP contribution in [0.5, 0.6) is 0 Å². The number of amides is 1. The summed E-state index contributed by atoms with van der Waals surface area (Å²) in [5.41, 5.74) is 5.21. The Bertz CT molecular complexity index is 172. The van der Waals surface area contributed by atoms with Crippen molar-refractivity contribution in [3.05, 3.63) is 0 Å². The second-order valence-electron chi connectivity index (χ2n) is 3.47. The Hall–Kier alpha value is -0.610. The van der Waals surface area contributed by atoms with E-state index in [1.165, 1.54) is 0 Å². The van der Waals surface area contributed by atoms with Crippen molar-refractivity contribution in [3.8, 4) is 0 Å². The van der Waals surface area contributed by atoms with Crippen LogP contribution in [0.25, 0.3) is 0 Å². The summed E-state index contributed by atoms with van der Waals surface area (Å²) in [5, 5.41) is 8.91. The lowest BCUT2D eigenvalue weighted by Gasteiger charge is -2.34. The molecular formula is C8H16N2O2. The first-order chi connectivity index (χ1) is 5.65. The van der Waals surface area contributed by atoms with Gasteiger partial charge in [0.2, 0.25) is 5.91 Å². The van der Waals surface area contributed by atoms with E-state index >= 15 is 0 Å². The predicted octanol–water partition coefficient (Wildman–Crippen LogP) is -0.826. The fraction of sp³-hybridized carbons (Fsp3) is 0.875. The normalized spacial score (nSPS) is 31.8. The van der Waals surface area contributed by atoms with Gasteiger partial charge in [-0.3, -0.25) is 9.69 Å². The van der Waals surface area contributed by atoms with E-state index in [0.717, 1.165) is 13.0 Å². The van der Waals surface area contributed by atoms with Gasteiger partial charge in [-0.25, -0.2) is 0 Å². The highest BCUT2D eigenvalue weighted by atomic mass is 16.3. The average Bonchev–Trinajstić information content (AvgIpc) is 2.05. The molecule has 4 nitrogen and oxygen atoms in total. The van der Waals surface area contributed by atoms with Gasteiger partial charge in [-0.15, -0.1) is 0 Å². The Labute approximate surface area is 72.3 Å². The number of aliphatic hydroxyl groups is 1. The Kier molecular flexibility index (Phi) is 3.05. The zero-order chi connectivity index (χ0) is 9.14. The van der Waals surface area contributed by atoms with E-state index in [4.69, 9.17) is 10.8 Å². The van der Waals surface area contributed by atoms with E-state index in [9.17, 15) is 4.79 Å². The number of carbonyl (C=O) groups is 1. The Morgan fingerprint density at radius 3 is 2.92 bits per heavy atom. The molecule has 1 aliphatic heterocycles. The summed E-state index contributed by atoms with van der Waals surface area (Å²) in [6.45, 7) is 1.01. The molecule has 1 amide bonds. The van der Waals surface area contributed by atoms with Crippen LogP contribution in [0.2, 0.25) is 0 Å². The zero-order valence-corrected chi connectivity index (χ0v) is 7.36. The molecule has 0 spiro atoms. The highest BCUT2D eigenvalue weighted by molar-refractivity contribution is 5.79. The topological polar surface area (TPSA) is 66.6 Å². The molecule has 0 radical (unpaired) electrons. The largest absolute Gasteiger partial charge is 0.396 e. The fourth-order valence-corrected chi connectivity index (χ4v) is 1.65. The van der Waals surface area contributed by atoms with Crippen LogP contribution < -0.4 is 5.73 Å². The van der Waals surface area contributed by atoms with Crippen molar-refractivity contribution in [2.45, 2.75) is 18.9 Å². The molecule has 1 rings (SSSR count). The van der Waals surface area contributed by atoms with Crippen molar-refractivity contribution < 1.29 is 9.90 Å². The molecule has 1 saturated heterocycles. The molecule has 70 valence electrons. The predicted molar refractivity (Wildman–Crippen MR) is 45.4 cm³/mol. The van der Waals surface area contributed by atoms with Crippen LogP contribution in [-0.4, -0.2) is 42.2 Å². The van der Waals surface area contributed by atoms with Gasteiger partial charge in [0.15, 0.2) is 0 Å². The van der Waals surface area contributed by atoms with Crippen molar-refractivity contribution in [2.24, 2.45) is 11.7 Å². The molecule has 4 heteroatoms. The van der Waals surface area contributed by atoms with E-state index in [-0.39, 0.29) is 24.5 Å². The van der Waals surface area contributed by atoms with Crippen LogP contribution >= 0.6 is 0 Å². The van der Waals surface area contributed by atoms with Gasteiger partial charge in [0.05, 0.1) is 6.04 Å². The number of hydrogen-bond acceptors (Lipinski definition) is 3. The van der Waals surface area contributed by atoms with E-state index in [1.807, 2.05) is 11.9 Å². The first-order valence-corrected chi connectivity index (χ1v) is 4.25. The number of aliphatic hydroxyl groups excluding tert-OH is 1. The molecule has 0 bridgehead atoms. The number of rotatable bonds is 2. The maximum Gasteiger partial charge on any atom is 0.234 e. The maximum absolute atomic E-state index is 10.9. The molecule has 0 aliphatic carbocycles. The summed E-state index contributed by atoms with van der Waals surface area (Å²) in [4.78, 5) is 12.9. The molecule has 0 saturated carbocycles. The number of nitrogens with zero attached hydrogens (tertiary/aromatic N) is 1. The smallest absolute Gasteiger partial charge is 0.234 e. The average molecular weight is 172 g/mol. The molecule has 0 aromatic rings. The number of piperidine rings is 1. The minimum Gasteiger partial charge on any atom is -0.396 e. The van der Waals surface area contributed by atoms with Crippen LogP contribution in [0.4, 0.5) is 0 Å². The van der Waals surface area contributed by atoms with Crippen molar-refractivity contribution in [1.82, 2.24) is 4.90 Å². The minimum atomic E-state index is -0.282. The molecule has 2 unspecified atom stereocenters. The first-order valence-electron chi connectivity index (χ1n) is 4.25. The summed E-state index contributed by atoms with van der Waals surface area (Å²) < 4.78 is 0. The summed E-state index contributed by atoms with van der Waals surface area (Å²) in [6.07, 6.45) is 1.65. The molecular weight excluding hydrogens is 156 g/mol. The number of carbonyl (C=O) groups excluding carboxylic acids is 1. The Morgan fingerprint density at radius 1 is 1.75 bits per heavy atom. The second kappa shape index (κ2) is 3.87. The number of hydrogen-bond donors (Lipinski definition) is 2. The molecule has 0 aromatic carbocycles. The van der Waals surface area contributed by atoms with Gasteiger partial charge in [-0.05, 0) is 32.4 Å². The molecule has 3 N–H and O–H groups in total. The van der Waals surface area contributed by atoms with E-state index in [1.54, 1.807) is 0 Å². The number of likely N-dealkylation sites (N-methyl/N-ethyl adjacent to an activating group) is 1. The minimum absolute atomic E-state index is 0.164. The first kappa shape index (κ1) is 9.48. The molecule has 12 heavy (non-hydrogen) atoms. The van der Waals surface area contributed by atoms with Gasteiger partial charge >= 0.3 is 0 Å². The lowest BCUT2D eigenvalue weighted by atomic mass is 9.91. The second-order valence-corrected chi connectivity index (χ2v) is 3.47. The lowest BCUT2D eigenvalue weighted by molar-refractivity contribution is -0.124. The quantitative estimate of drug-likeness (QED) is 0.571.